The van der Waals surface area contributed by atoms with E-state index < -0.39 is 0 Å². The average molecular weight is 253 g/mol. The number of allylic oxidation sites excluding steroid dienone is 3. The molecular weight excluding hydrogens is 234 g/mol. The Balaban J connectivity index is 3.24. The molecule has 0 unspecified atom stereocenters. The summed E-state index contributed by atoms with van der Waals surface area (Å²) in [6.07, 6.45) is 3.52. The second-order valence-corrected chi connectivity index (χ2v) is 4.69. The molecule has 1 aromatic heterocycles. The Morgan fingerprint density at radius 2 is 2.11 bits per heavy atom. The van der Waals surface area contributed by atoms with Crippen molar-refractivity contribution in [3.05, 3.63) is 53.5 Å². The van der Waals surface area contributed by atoms with Gasteiger partial charge in [0.2, 0.25) is 0 Å². The van der Waals surface area contributed by atoms with Crippen LogP contribution >= 0.6 is 0 Å². The van der Waals surface area contributed by atoms with Crippen LogP contribution in [-0.2, 0) is 0 Å². The standard InChI is InChI=1S/C16H19N3/c1-11(2)16(13(4)12(3)9-17)19-14(5)15-7-6-8-18-10-15/h6-8,10-11H,3H2,1-2,4-5H3/b16-13+,19-14+. The lowest BCUT2D eigenvalue weighted by Gasteiger charge is -2.12. The molecule has 0 aromatic carbocycles. The Bertz CT molecular complexity index is 557. The summed E-state index contributed by atoms with van der Waals surface area (Å²) in [6, 6.07) is 5.93. The van der Waals surface area contributed by atoms with Gasteiger partial charge in [-0.25, -0.2) is 0 Å². The zero-order valence-corrected chi connectivity index (χ0v) is 11.9. The summed E-state index contributed by atoms with van der Waals surface area (Å²) < 4.78 is 0. The summed E-state index contributed by atoms with van der Waals surface area (Å²) >= 11 is 0. The Hall–Kier alpha value is -2.21. The number of nitriles is 1. The summed E-state index contributed by atoms with van der Waals surface area (Å²) in [5, 5.41) is 8.94. The van der Waals surface area contributed by atoms with Crippen molar-refractivity contribution < 1.29 is 0 Å². The van der Waals surface area contributed by atoms with Gasteiger partial charge in [-0.1, -0.05) is 26.5 Å². The third kappa shape index (κ3) is 3.89. The van der Waals surface area contributed by atoms with E-state index in [1.165, 1.54) is 0 Å². The Labute approximate surface area is 115 Å². The predicted molar refractivity (Wildman–Crippen MR) is 78.7 cm³/mol. The zero-order valence-electron chi connectivity index (χ0n) is 11.9. The highest BCUT2D eigenvalue weighted by atomic mass is 14.8. The molecule has 1 aromatic rings. The first kappa shape index (κ1) is 14.8. The average Bonchev–Trinajstić information content (AvgIpc) is 2.43. The van der Waals surface area contributed by atoms with Crippen molar-refractivity contribution in [2.45, 2.75) is 27.7 Å². The molecule has 0 radical (unpaired) electrons. The van der Waals surface area contributed by atoms with Crippen LogP contribution in [0, 0.1) is 17.2 Å². The van der Waals surface area contributed by atoms with Crippen LogP contribution in [0.1, 0.15) is 33.3 Å². The molecule has 0 aliphatic rings. The molecule has 0 saturated heterocycles. The highest BCUT2D eigenvalue weighted by Gasteiger charge is 2.10. The van der Waals surface area contributed by atoms with E-state index in [1.54, 1.807) is 12.4 Å². The molecule has 3 heteroatoms. The van der Waals surface area contributed by atoms with Crippen molar-refractivity contribution in [2.24, 2.45) is 10.9 Å². The van der Waals surface area contributed by atoms with E-state index in [4.69, 9.17) is 5.26 Å². The Kier molecular flexibility index (Phi) is 5.20. The second-order valence-electron chi connectivity index (χ2n) is 4.69. The fraction of sp³-hybridized carbons (Fsp3) is 0.312. The lowest BCUT2D eigenvalue weighted by molar-refractivity contribution is 0.747. The molecular formula is C16H19N3. The summed E-state index contributed by atoms with van der Waals surface area (Å²) in [6.45, 7) is 11.7. The topological polar surface area (TPSA) is 49.0 Å². The Morgan fingerprint density at radius 1 is 1.42 bits per heavy atom. The molecule has 1 rings (SSSR count). The van der Waals surface area contributed by atoms with E-state index in [0.29, 0.717) is 5.57 Å². The first-order valence-corrected chi connectivity index (χ1v) is 6.23. The summed E-state index contributed by atoms with van der Waals surface area (Å²) in [5.74, 6) is 0.233. The van der Waals surface area contributed by atoms with Crippen LogP contribution in [0.3, 0.4) is 0 Å². The molecule has 0 fully saturated rings. The number of rotatable bonds is 4. The molecule has 98 valence electrons. The van der Waals surface area contributed by atoms with Gasteiger partial charge in [0, 0.05) is 34.9 Å². The molecule has 0 N–H and O–H groups in total. The van der Waals surface area contributed by atoms with Crippen molar-refractivity contribution in [1.29, 1.82) is 5.26 Å². The van der Waals surface area contributed by atoms with E-state index in [1.807, 2.05) is 26.0 Å². The number of hydrogen-bond donors (Lipinski definition) is 0. The van der Waals surface area contributed by atoms with Gasteiger partial charge in [-0.05, 0) is 31.4 Å². The lowest BCUT2D eigenvalue weighted by Crippen LogP contribution is -2.02. The molecule has 1 heterocycles. The zero-order chi connectivity index (χ0) is 14.4. The first-order valence-electron chi connectivity index (χ1n) is 6.23. The van der Waals surface area contributed by atoms with Gasteiger partial charge in [-0.2, -0.15) is 5.26 Å². The van der Waals surface area contributed by atoms with Gasteiger partial charge >= 0.3 is 0 Å². The van der Waals surface area contributed by atoms with E-state index >= 15 is 0 Å². The third-order valence-corrected chi connectivity index (χ3v) is 2.89. The maximum absolute atomic E-state index is 8.94. The van der Waals surface area contributed by atoms with Gasteiger partial charge in [0.05, 0.1) is 6.07 Å². The van der Waals surface area contributed by atoms with Gasteiger partial charge in [0.15, 0.2) is 0 Å². The summed E-state index contributed by atoms with van der Waals surface area (Å²) in [7, 11) is 0. The predicted octanol–water partition coefficient (Wildman–Crippen LogP) is 3.90. The molecule has 0 amide bonds. The number of hydrogen-bond acceptors (Lipinski definition) is 3. The van der Waals surface area contributed by atoms with Crippen LogP contribution in [0.25, 0.3) is 0 Å². The lowest BCUT2D eigenvalue weighted by atomic mass is 10.0. The number of aromatic nitrogens is 1. The van der Waals surface area contributed by atoms with E-state index in [-0.39, 0.29) is 5.92 Å². The maximum atomic E-state index is 8.94. The third-order valence-electron chi connectivity index (χ3n) is 2.89. The molecule has 0 saturated carbocycles. The van der Waals surface area contributed by atoms with Crippen LogP contribution in [0.2, 0.25) is 0 Å². The van der Waals surface area contributed by atoms with Crippen LogP contribution in [0.5, 0.6) is 0 Å². The maximum Gasteiger partial charge on any atom is 0.0988 e. The van der Waals surface area contributed by atoms with Crippen LogP contribution in [0.4, 0.5) is 0 Å². The first-order chi connectivity index (χ1) is 8.97. The van der Waals surface area contributed by atoms with Gasteiger partial charge in [0.25, 0.3) is 0 Å². The van der Waals surface area contributed by atoms with Crippen LogP contribution < -0.4 is 0 Å². The van der Waals surface area contributed by atoms with Gasteiger partial charge in [-0.3, -0.25) is 9.98 Å². The quantitative estimate of drug-likeness (QED) is 0.464. The van der Waals surface area contributed by atoms with Gasteiger partial charge < -0.3 is 0 Å². The van der Waals surface area contributed by atoms with Crippen LogP contribution in [0.15, 0.2) is 52.9 Å². The molecule has 19 heavy (non-hydrogen) atoms. The molecule has 0 aliphatic carbocycles. The number of nitrogens with zero attached hydrogens (tertiary/aromatic N) is 3. The summed E-state index contributed by atoms with van der Waals surface area (Å²) in [4.78, 5) is 8.75. The van der Waals surface area contributed by atoms with E-state index in [2.05, 4.69) is 36.5 Å². The molecule has 0 aliphatic heterocycles. The minimum Gasteiger partial charge on any atom is -0.264 e. The number of aliphatic imine (C=N–C) groups is 1. The molecule has 0 atom stereocenters. The van der Waals surface area contributed by atoms with Crippen molar-refractivity contribution in [1.82, 2.24) is 4.98 Å². The smallest absolute Gasteiger partial charge is 0.0988 e. The van der Waals surface area contributed by atoms with Crippen LogP contribution in [-0.4, -0.2) is 10.7 Å². The fourth-order valence-electron chi connectivity index (χ4n) is 1.71. The van der Waals surface area contributed by atoms with E-state index in [0.717, 1.165) is 22.5 Å². The van der Waals surface area contributed by atoms with Gasteiger partial charge in [0.1, 0.15) is 0 Å². The van der Waals surface area contributed by atoms with Crippen molar-refractivity contribution in [3.63, 3.8) is 0 Å². The minimum atomic E-state index is 0.233. The Morgan fingerprint density at radius 3 is 2.58 bits per heavy atom. The normalized spacial score (nSPS) is 12.9. The van der Waals surface area contributed by atoms with Crippen molar-refractivity contribution >= 4 is 5.71 Å². The molecule has 0 bridgehead atoms. The second kappa shape index (κ2) is 6.65. The minimum absolute atomic E-state index is 0.233. The molecule has 0 spiro atoms. The number of pyridine rings is 1. The highest BCUT2D eigenvalue weighted by Crippen LogP contribution is 2.21. The monoisotopic (exact) mass is 253 g/mol. The van der Waals surface area contributed by atoms with E-state index in [9.17, 15) is 0 Å². The fourth-order valence-corrected chi connectivity index (χ4v) is 1.71. The summed E-state index contributed by atoms with van der Waals surface area (Å²) in [5.41, 5.74) is 4.08. The molecule has 3 nitrogen and oxygen atoms in total. The van der Waals surface area contributed by atoms with Gasteiger partial charge in [-0.15, -0.1) is 0 Å². The van der Waals surface area contributed by atoms with Crippen molar-refractivity contribution in [3.8, 4) is 6.07 Å². The van der Waals surface area contributed by atoms with Crippen molar-refractivity contribution in [2.75, 3.05) is 0 Å². The largest absolute Gasteiger partial charge is 0.264 e. The highest BCUT2D eigenvalue weighted by molar-refractivity contribution is 5.99. The SMILES string of the molecule is C=C(C#N)/C(C)=C(/N=C(\C)c1cccnc1)C(C)C.